The quantitative estimate of drug-likeness (QED) is 0.938. The molecule has 1 saturated heterocycles. The minimum Gasteiger partial charge on any atom is -0.361 e. The molecule has 0 aliphatic carbocycles. The monoisotopic (exact) mass is 286 g/mol. The lowest BCUT2D eigenvalue weighted by atomic mass is 10.2. The van der Waals surface area contributed by atoms with Gasteiger partial charge in [-0.1, -0.05) is 5.16 Å². The zero-order valence-electron chi connectivity index (χ0n) is 12.2. The van der Waals surface area contributed by atoms with Crippen molar-refractivity contribution >= 4 is 17.4 Å². The lowest BCUT2D eigenvalue weighted by Gasteiger charge is -2.19. The molecule has 1 N–H and O–H groups in total. The number of aromatic nitrogens is 2. The molecule has 3 rings (SSSR count). The highest BCUT2D eigenvalue weighted by Gasteiger charge is 2.21. The number of pyridine rings is 1. The van der Waals surface area contributed by atoms with E-state index in [1.54, 1.807) is 20.0 Å². The van der Waals surface area contributed by atoms with Crippen molar-refractivity contribution in [3.05, 3.63) is 35.3 Å². The van der Waals surface area contributed by atoms with Gasteiger partial charge in [0.1, 0.15) is 11.3 Å². The van der Waals surface area contributed by atoms with Crippen molar-refractivity contribution in [2.75, 3.05) is 23.3 Å². The minimum absolute atomic E-state index is 0.209. The molecule has 21 heavy (non-hydrogen) atoms. The summed E-state index contributed by atoms with van der Waals surface area (Å²) in [5.41, 5.74) is 1.81. The van der Waals surface area contributed by atoms with Crippen LogP contribution in [0.15, 0.2) is 22.9 Å². The van der Waals surface area contributed by atoms with Crippen molar-refractivity contribution in [3.63, 3.8) is 0 Å². The first-order valence-corrected chi connectivity index (χ1v) is 7.11. The van der Waals surface area contributed by atoms with Crippen LogP contribution < -0.4 is 10.2 Å². The van der Waals surface area contributed by atoms with E-state index in [1.165, 1.54) is 0 Å². The van der Waals surface area contributed by atoms with E-state index in [0.717, 1.165) is 37.4 Å². The molecule has 3 heterocycles. The molecule has 0 aromatic carbocycles. The van der Waals surface area contributed by atoms with Gasteiger partial charge in [0, 0.05) is 19.3 Å². The summed E-state index contributed by atoms with van der Waals surface area (Å²) in [6, 6.07) is 3.69. The number of hydrogen-bond donors (Lipinski definition) is 1. The molecule has 6 heteroatoms. The molecule has 0 unspecified atom stereocenters. The Labute approximate surface area is 123 Å². The Balaban J connectivity index is 1.86. The van der Waals surface area contributed by atoms with E-state index in [1.807, 2.05) is 12.1 Å². The molecule has 1 fully saturated rings. The molecular formula is C15H18N4O2. The standard InChI is InChI=1S/C15H18N4O2/c1-10-13(11(2)21-18-10)15(20)17-12-6-5-7-16-14(12)19-8-3-4-9-19/h5-7H,3-4,8-9H2,1-2H3,(H,17,20). The predicted octanol–water partition coefficient (Wildman–Crippen LogP) is 2.54. The number of rotatable bonds is 3. The van der Waals surface area contributed by atoms with Crippen molar-refractivity contribution in [2.24, 2.45) is 0 Å². The third-order valence-corrected chi connectivity index (χ3v) is 3.70. The average Bonchev–Trinajstić information content (AvgIpc) is 3.10. The second-order valence-corrected chi connectivity index (χ2v) is 5.22. The van der Waals surface area contributed by atoms with E-state index in [-0.39, 0.29) is 5.91 Å². The molecular weight excluding hydrogens is 268 g/mol. The van der Waals surface area contributed by atoms with Crippen molar-refractivity contribution in [1.82, 2.24) is 10.1 Å². The summed E-state index contributed by atoms with van der Waals surface area (Å²) in [7, 11) is 0. The first kappa shape index (κ1) is 13.6. The van der Waals surface area contributed by atoms with Gasteiger partial charge in [0.15, 0.2) is 5.82 Å². The van der Waals surface area contributed by atoms with Crippen LogP contribution >= 0.6 is 0 Å². The maximum Gasteiger partial charge on any atom is 0.261 e. The lowest BCUT2D eigenvalue weighted by molar-refractivity contribution is 0.102. The highest BCUT2D eigenvalue weighted by atomic mass is 16.5. The van der Waals surface area contributed by atoms with Gasteiger partial charge in [0.05, 0.1) is 11.4 Å². The third-order valence-electron chi connectivity index (χ3n) is 3.70. The number of hydrogen-bond acceptors (Lipinski definition) is 5. The molecule has 1 amide bonds. The Morgan fingerprint density at radius 1 is 1.33 bits per heavy atom. The zero-order valence-corrected chi connectivity index (χ0v) is 12.2. The van der Waals surface area contributed by atoms with Crippen LogP contribution in [-0.4, -0.2) is 29.1 Å². The number of nitrogens with zero attached hydrogens (tertiary/aromatic N) is 3. The SMILES string of the molecule is Cc1noc(C)c1C(=O)Nc1cccnc1N1CCCC1. The second-order valence-electron chi connectivity index (χ2n) is 5.22. The summed E-state index contributed by atoms with van der Waals surface area (Å²) < 4.78 is 5.05. The summed E-state index contributed by atoms with van der Waals surface area (Å²) >= 11 is 0. The van der Waals surface area contributed by atoms with Crippen LogP contribution in [-0.2, 0) is 0 Å². The molecule has 2 aromatic heterocycles. The van der Waals surface area contributed by atoms with E-state index in [9.17, 15) is 4.79 Å². The van der Waals surface area contributed by atoms with Gasteiger partial charge < -0.3 is 14.7 Å². The van der Waals surface area contributed by atoms with E-state index < -0.39 is 0 Å². The Morgan fingerprint density at radius 2 is 2.10 bits per heavy atom. The van der Waals surface area contributed by atoms with Crippen molar-refractivity contribution in [2.45, 2.75) is 26.7 Å². The molecule has 0 radical (unpaired) electrons. The van der Waals surface area contributed by atoms with Crippen molar-refractivity contribution < 1.29 is 9.32 Å². The van der Waals surface area contributed by atoms with E-state index in [2.05, 4.69) is 20.4 Å². The van der Waals surface area contributed by atoms with E-state index in [0.29, 0.717) is 17.0 Å². The number of anilines is 2. The van der Waals surface area contributed by atoms with Crippen LogP contribution in [0.5, 0.6) is 0 Å². The Hall–Kier alpha value is -2.37. The summed E-state index contributed by atoms with van der Waals surface area (Å²) in [6.45, 7) is 5.45. The van der Waals surface area contributed by atoms with Gasteiger partial charge >= 0.3 is 0 Å². The number of amides is 1. The number of carbonyl (C=O) groups excluding carboxylic acids is 1. The zero-order chi connectivity index (χ0) is 14.8. The highest BCUT2D eigenvalue weighted by molar-refractivity contribution is 6.06. The molecule has 0 atom stereocenters. The summed E-state index contributed by atoms with van der Waals surface area (Å²) in [5.74, 6) is 1.14. The molecule has 0 saturated carbocycles. The second kappa shape index (κ2) is 5.55. The maximum atomic E-state index is 12.4. The molecule has 0 bridgehead atoms. The van der Waals surface area contributed by atoms with Gasteiger partial charge in [-0.05, 0) is 38.8 Å². The van der Waals surface area contributed by atoms with Gasteiger partial charge in [0.25, 0.3) is 5.91 Å². The first-order valence-electron chi connectivity index (χ1n) is 7.11. The average molecular weight is 286 g/mol. The van der Waals surface area contributed by atoms with Crippen LogP contribution in [0.3, 0.4) is 0 Å². The molecule has 1 aliphatic rings. The Bertz CT molecular complexity index is 640. The molecule has 0 spiro atoms. The molecule has 1 aliphatic heterocycles. The van der Waals surface area contributed by atoms with Crippen LogP contribution in [0, 0.1) is 13.8 Å². The van der Waals surface area contributed by atoms with E-state index >= 15 is 0 Å². The van der Waals surface area contributed by atoms with Gasteiger partial charge in [-0.25, -0.2) is 4.98 Å². The molecule has 2 aromatic rings. The summed E-state index contributed by atoms with van der Waals surface area (Å²) in [4.78, 5) is 19.0. The number of nitrogens with one attached hydrogen (secondary N) is 1. The van der Waals surface area contributed by atoms with Gasteiger partial charge in [0.2, 0.25) is 0 Å². The third kappa shape index (κ3) is 2.61. The fourth-order valence-corrected chi connectivity index (χ4v) is 2.67. The Kier molecular flexibility index (Phi) is 3.60. The van der Waals surface area contributed by atoms with Crippen LogP contribution in [0.25, 0.3) is 0 Å². The van der Waals surface area contributed by atoms with E-state index in [4.69, 9.17) is 4.52 Å². The number of aryl methyl sites for hydroxylation is 2. The summed E-state index contributed by atoms with van der Waals surface area (Å²) in [6.07, 6.45) is 4.07. The maximum absolute atomic E-state index is 12.4. The molecule has 6 nitrogen and oxygen atoms in total. The lowest BCUT2D eigenvalue weighted by Crippen LogP contribution is -2.22. The van der Waals surface area contributed by atoms with Gasteiger partial charge in [-0.15, -0.1) is 0 Å². The van der Waals surface area contributed by atoms with Gasteiger partial charge in [-0.3, -0.25) is 4.79 Å². The summed E-state index contributed by atoms with van der Waals surface area (Å²) in [5, 5.41) is 6.75. The minimum atomic E-state index is -0.209. The van der Waals surface area contributed by atoms with Crippen LogP contribution in [0.2, 0.25) is 0 Å². The first-order chi connectivity index (χ1) is 10.2. The normalized spacial score (nSPS) is 14.5. The van der Waals surface area contributed by atoms with Crippen molar-refractivity contribution in [1.29, 1.82) is 0 Å². The number of carbonyl (C=O) groups is 1. The topological polar surface area (TPSA) is 71.3 Å². The fraction of sp³-hybridized carbons (Fsp3) is 0.400. The Morgan fingerprint density at radius 3 is 2.76 bits per heavy atom. The predicted molar refractivity (Wildman–Crippen MR) is 79.6 cm³/mol. The smallest absolute Gasteiger partial charge is 0.261 e. The van der Waals surface area contributed by atoms with Gasteiger partial charge in [-0.2, -0.15) is 0 Å². The largest absolute Gasteiger partial charge is 0.361 e. The van der Waals surface area contributed by atoms with Crippen molar-refractivity contribution in [3.8, 4) is 0 Å². The van der Waals surface area contributed by atoms with Crippen LogP contribution in [0.4, 0.5) is 11.5 Å². The highest BCUT2D eigenvalue weighted by Crippen LogP contribution is 2.27. The fourth-order valence-electron chi connectivity index (χ4n) is 2.67. The molecule has 110 valence electrons. The van der Waals surface area contributed by atoms with Crippen LogP contribution in [0.1, 0.15) is 34.7 Å².